The molecule has 1 aromatic heterocycles. The van der Waals surface area contributed by atoms with Gasteiger partial charge in [-0.05, 0) is 18.8 Å². The maximum atomic E-state index is 5.98. The fourth-order valence-electron chi connectivity index (χ4n) is 2.95. The molecule has 1 aliphatic rings. The fourth-order valence-corrected chi connectivity index (χ4v) is 2.95. The first kappa shape index (κ1) is 14.3. The third kappa shape index (κ3) is 3.46. The Morgan fingerprint density at radius 3 is 2.63 bits per heavy atom. The van der Waals surface area contributed by atoms with Crippen LogP contribution in [0, 0.1) is 5.92 Å². The highest BCUT2D eigenvalue weighted by Gasteiger charge is 2.26. The Kier molecular flexibility index (Phi) is 4.12. The molecule has 1 saturated carbocycles. The van der Waals surface area contributed by atoms with Gasteiger partial charge in [0.2, 0.25) is 0 Å². The van der Waals surface area contributed by atoms with E-state index in [0.717, 1.165) is 17.4 Å². The van der Waals surface area contributed by atoms with E-state index in [0.29, 0.717) is 11.7 Å². The van der Waals surface area contributed by atoms with Gasteiger partial charge >= 0.3 is 0 Å². The molecule has 3 nitrogen and oxygen atoms in total. The molecule has 0 aliphatic heterocycles. The zero-order valence-corrected chi connectivity index (χ0v) is 12.7. The van der Waals surface area contributed by atoms with Crippen LogP contribution in [0.4, 0.5) is 5.82 Å². The normalized spacial score (nSPS) is 24.4. The van der Waals surface area contributed by atoms with Gasteiger partial charge in [-0.2, -0.15) is 0 Å². The Labute approximate surface area is 117 Å². The fraction of sp³-hybridized carbons (Fsp3) is 0.750. The number of nitrogens with two attached hydrogens (primary N) is 1. The van der Waals surface area contributed by atoms with E-state index in [1.165, 1.54) is 32.1 Å². The second-order valence-corrected chi connectivity index (χ2v) is 6.92. The smallest absolute Gasteiger partial charge is 0.134 e. The van der Waals surface area contributed by atoms with Gasteiger partial charge in [0.05, 0.1) is 5.69 Å². The molecule has 1 heterocycles. The van der Waals surface area contributed by atoms with Crippen LogP contribution in [0.15, 0.2) is 6.07 Å². The molecule has 0 aromatic carbocycles. The highest BCUT2D eigenvalue weighted by atomic mass is 15.0. The van der Waals surface area contributed by atoms with Crippen LogP contribution in [0.3, 0.4) is 0 Å². The van der Waals surface area contributed by atoms with E-state index in [1.807, 2.05) is 6.07 Å². The molecule has 0 spiro atoms. The van der Waals surface area contributed by atoms with Crippen LogP contribution in [0.5, 0.6) is 0 Å². The number of hydrogen-bond acceptors (Lipinski definition) is 3. The van der Waals surface area contributed by atoms with Crippen LogP contribution in [-0.2, 0) is 5.41 Å². The van der Waals surface area contributed by atoms with Crippen molar-refractivity contribution in [2.45, 2.75) is 71.1 Å². The molecule has 106 valence electrons. The van der Waals surface area contributed by atoms with Gasteiger partial charge in [0.25, 0.3) is 0 Å². The van der Waals surface area contributed by atoms with Crippen LogP contribution in [0.2, 0.25) is 0 Å². The zero-order valence-electron chi connectivity index (χ0n) is 12.7. The number of rotatable bonds is 2. The van der Waals surface area contributed by atoms with Gasteiger partial charge in [0.15, 0.2) is 0 Å². The van der Waals surface area contributed by atoms with Crippen LogP contribution < -0.4 is 5.73 Å². The van der Waals surface area contributed by atoms with Crippen molar-refractivity contribution in [1.82, 2.24) is 9.97 Å². The van der Waals surface area contributed by atoms with E-state index in [4.69, 9.17) is 10.7 Å². The summed E-state index contributed by atoms with van der Waals surface area (Å²) in [4.78, 5) is 9.31. The van der Waals surface area contributed by atoms with Gasteiger partial charge < -0.3 is 5.73 Å². The van der Waals surface area contributed by atoms with Crippen LogP contribution in [-0.4, -0.2) is 9.97 Å². The minimum atomic E-state index is 0.0324. The largest absolute Gasteiger partial charge is 0.384 e. The average Bonchev–Trinajstić information content (AvgIpc) is 2.37. The van der Waals surface area contributed by atoms with Crippen molar-refractivity contribution in [3.05, 3.63) is 17.6 Å². The lowest BCUT2D eigenvalue weighted by Gasteiger charge is -2.28. The highest BCUT2D eigenvalue weighted by Crippen LogP contribution is 2.37. The molecule has 2 rings (SSSR count). The number of anilines is 1. The van der Waals surface area contributed by atoms with E-state index in [2.05, 4.69) is 32.7 Å². The number of aromatic nitrogens is 2. The van der Waals surface area contributed by atoms with Gasteiger partial charge in [-0.15, -0.1) is 0 Å². The number of hydrogen-bond donors (Lipinski definition) is 1. The molecule has 0 amide bonds. The second kappa shape index (κ2) is 5.48. The van der Waals surface area contributed by atoms with Crippen LogP contribution in [0.1, 0.15) is 77.2 Å². The number of nitrogen functional groups attached to an aromatic ring is 1. The lowest BCUT2D eigenvalue weighted by molar-refractivity contribution is 0.306. The first-order chi connectivity index (χ1) is 8.90. The predicted molar refractivity (Wildman–Crippen MR) is 80.1 cm³/mol. The summed E-state index contributed by atoms with van der Waals surface area (Å²) >= 11 is 0. The van der Waals surface area contributed by atoms with Gasteiger partial charge in [0, 0.05) is 17.4 Å². The molecular weight excluding hydrogens is 234 g/mol. The summed E-state index contributed by atoms with van der Waals surface area (Å²) in [5.74, 6) is 2.93. The third-order valence-corrected chi connectivity index (χ3v) is 4.26. The van der Waals surface area contributed by atoms with E-state index in [1.54, 1.807) is 0 Å². The average molecular weight is 261 g/mol. The summed E-state index contributed by atoms with van der Waals surface area (Å²) in [6.07, 6.45) is 6.37. The molecular formula is C16H27N3. The molecule has 1 fully saturated rings. The summed E-state index contributed by atoms with van der Waals surface area (Å²) in [5, 5.41) is 0. The van der Waals surface area contributed by atoms with Crippen molar-refractivity contribution < 1.29 is 0 Å². The van der Waals surface area contributed by atoms with Gasteiger partial charge in [-0.3, -0.25) is 0 Å². The topological polar surface area (TPSA) is 51.8 Å². The molecule has 2 unspecified atom stereocenters. The predicted octanol–water partition coefficient (Wildman–Crippen LogP) is 4.04. The van der Waals surface area contributed by atoms with E-state index in [-0.39, 0.29) is 5.41 Å². The van der Waals surface area contributed by atoms with Gasteiger partial charge in [0.1, 0.15) is 11.6 Å². The van der Waals surface area contributed by atoms with Crippen molar-refractivity contribution >= 4 is 5.82 Å². The van der Waals surface area contributed by atoms with E-state index < -0.39 is 0 Å². The summed E-state index contributed by atoms with van der Waals surface area (Å²) in [5.41, 5.74) is 7.07. The Bertz CT molecular complexity index is 434. The van der Waals surface area contributed by atoms with Crippen molar-refractivity contribution in [3.8, 4) is 0 Å². The summed E-state index contributed by atoms with van der Waals surface area (Å²) < 4.78 is 0. The maximum Gasteiger partial charge on any atom is 0.134 e. The van der Waals surface area contributed by atoms with Crippen molar-refractivity contribution in [1.29, 1.82) is 0 Å². The molecule has 1 aliphatic carbocycles. The molecule has 0 saturated heterocycles. The molecule has 3 heteroatoms. The lowest BCUT2D eigenvalue weighted by Crippen LogP contribution is -2.20. The Balaban J connectivity index is 2.26. The minimum absolute atomic E-state index is 0.0324. The van der Waals surface area contributed by atoms with E-state index >= 15 is 0 Å². The minimum Gasteiger partial charge on any atom is -0.384 e. The first-order valence-corrected chi connectivity index (χ1v) is 7.55. The second-order valence-electron chi connectivity index (χ2n) is 6.92. The summed E-state index contributed by atoms with van der Waals surface area (Å²) in [6.45, 7) is 8.81. The zero-order chi connectivity index (χ0) is 14.0. The monoisotopic (exact) mass is 261 g/mol. The Hall–Kier alpha value is -1.12. The maximum absolute atomic E-state index is 5.98. The molecule has 0 bridgehead atoms. The van der Waals surface area contributed by atoms with Crippen LogP contribution in [0.25, 0.3) is 0 Å². The van der Waals surface area contributed by atoms with Crippen molar-refractivity contribution in [2.24, 2.45) is 5.92 Å². The molecule has 0 radical (unpaired) electrons. The molecule has 1 aromatic rings. The first-order valence-electron chi connectivity index (χ1n) is 7.55. The van der Waals surface area contributed by atoms with Gasteiger partial charge in [-0.25, -0.2) is 9.97 Å². The molecule has 2 N–H and O–H groups in total. The third-order valence-electron chi connectivity index (χ3n) is 4.26. The van der Waals surface area contributed by atoms with Crippen LogP contribution >= 0.6 is 0 Å². The quantitative estimate of drug-likeness (QED) is 0.874. The Morgan fingerprint density at radius 1 is 1.26 bits per heavy atom. The van der Waals surface area contributed by atoms with Crippen molar-refractivity contribution in [3.63, 3.8) is 0 Å². The number of nitrogens with zero attached hydrogens (tertiary/aromatic N) is 2. The molecule has 19 heavy (non-hydrogen) atoms. The van der Waals surface area contributed by atoms with Crippen molar-refractivity contribution in [2.75, 3.05) is 5.73 Å². The lowest BCUT2D eigenvalue weighted by atomic mass is 9.79. The van der Waals surface area contributed by atoms with E-state index in [9.17, 15) is 0 Å². The SMILES string of the molecule is CCC1CCCC(c2nc(N)cc(C(C)(C)C)n2)C1. The standard InChI is InChI=1S/C16H27N3/c1-5-11-7-6-8-12(9-11)15-18-13(16(2,3)4)10-14(17)19-15/h10-12H,5-9H2,1-4H3,(H2,17,18,19). The van der Waals surface area contributed by atoms with Gasteiger partial charge in [-0.1, -0.05) is 47.0 Å². The summed E-state index contributed by atoms with van der Waals surface area (Å²) in [7, 11) is 0. The molecule has 2 atom stereocenters. The highest BCUT2D eigenvalue weighted by molar-refractivity contribution is 5.33. The summed E-state index contributed by atoms with van der Waals surface area (Å²) in [6, 6.07) is 1.92. The Morgan fingerprint density at radius 2 is 2.00 bits per heavy atom.